The van der Waals surface area contributed by atoms with E-state index >= 15 is 0 Å². The molecule has 0 radical (unpaired) electrons. The van der Waals surface area contributed by atoms with E-state index in [0.717, 1.165) is 4.90 Å². The summed E-state index contributed by atoms with van der Waals surface area (Å²) in [6, 6.07) is 0. The Kier molecular flexibility index (Phi) is 2.26. The molecule has 0 saturated carbocycles. The van der Waals surface area contributed by atoms with Crippen molar-refractivity contribution in [3.8, 4) is 0 Å². The lowest BCUT2D eigenvalue weighted by Crippen LogP contribution is -2.34. The van der Waals surface area contributed by atoms with Crippen LogP contribution in [0.5, 0.6) is 0 Å². The molecule has 0 N–H and O–H groups in total. The van der Waals surface area contributed by atoms with Crippen LogP contribution in [0.25, 0.3) is 0 Å². The second-order valence-corrected chi connectivity index (χ2v) is 3.79. The number of imide groups is 1. The molecule has 4 nitrogen and oxygen atoms in total. The van der Waals surface area contributed by atoms with Gasteiger partial charge >= 0.3 is 0 Å². The van der Waals surface area contributed by atoms with Crippen molar-refractivity contribution in [3.63, 3.8) is 0 Å². The van der Waals surface area contributed by atoms with Crippen LogP contribution in [0, 0.1) is 11.8 Å². The molecule has 0 aromatic carbocycles. The Hall–Kier alpha value is -1.71. The maximum absolute atomic E-state index is 11.8. The van der Waals surface area contributed by atoms with Crippen LogP contribution in [0.15, 0.2) is 24.3 Å². The van der Waals surface area contributed by atoms with E-state index in [1.54, 1.807) is 24.3 Å². The molecule has 1 aliphatic heterocycles. The summed E-state index contributed by atoms with van der Waals surface area (Å²) >= 11 is 0. The zero-order valence-corrected chi connectivity index (χ0v) is 8.34. The number of ketones is 1. The van der Waals surface area contributed by atoms with Gasteiger partial charge in [0.25, 0.3) is 0 Å². The van der Waals surface area contributed by atoms with Gasteiger partial charge in [-0.25, -0.2) is 0 Å². The fourth-order valence-electron chi connectivity index (χ4n) is 1.93. The minimum atomic E-state index is -0.401. The number of hydrogen-bond acceptors (Lipinski definition) is 3. The quantitative estimate of drug-likeness (QED) is 0.609. The number of rotatable bonds is 2. The monoisotopic (exact) mass is 205 g/mol. The molecule has 0 bridgehead atoms. The van der Waals surface area contributed by atoms with Gasteiger partial charge in [-0.1, -0.05) is 24.3 Å². The molecule has 2 atom stereocenters. The molecule has 1 fully saturated rings. The maximum Gasteiger partial charge on any atom is 0.237 e. The van der Waals surface area contributed by atoms with Gasteiger partial charge < -0.3 is 0 Å². The second kappa shape index (κ2) is 3.46. The minimum Gasteiger partial charge on any atom is -0.298 e. The number of fused-ring (bicyclic) bond motifs is 1. The van der Waals surface area contributed by atoms with Crippen LogP contribution in [0.3, 0.4) is 0 Å². The van der Waals surface area contributed by atoms with Crippen LogP contribution >= 0.6 is 0 Å². The predicted molar refractivity (Wildman–Crippen MR) is 52.7 cm³/mol. The number of nitrogens with zero attached hydrogens (tertiary/aromatic N) is 1. The molecule has 2 unspecified atom stereocenters. The number of hydrogen-bond donors (Lipinski definition) is 0. The van der Waals surface area contributed by atoms with Crippen molar-refractivity contribution < 1.29 is 14.4 Å². The first kappa shape index (κ1) is 9.83. The molecule has 15 heavy (non-hydrogen) atoms. The summed E-state index contributed by atoms with van der Waals surface area (Å²) < 4.78 is 0. The molecular formula is C11H11NO3. The first-order chi connectivity index (χ1) is 7.11. The first-order valence-corrected chi connectivity index (χ1v) is 4.81. The minimum absolute atomic E-state index is 0.105. The van der Waals surface area contributed by atoms with Crippen LogP contribution in [0.4, 0.5) is 0 Å². The molecule has 1 aliphatic carbocycles. The molecule has 0 aromatic heterocycles. The van der Waals surface area contributed by atoms with Crippen molar-refractivity contribution in [3.05, 3.63) is 24.3 Å². The lowest BCUT2D eigenvalue weighted by molar-refractivity contribution is -0.142. The van der Waals surface area contributed by atoms with Crippen LogP contribution in [-0.4, -0.2) is 29.0 Å². The van der Waals surface area contributed by atoms with Gasteiger partial charge in [0.2, 0.25) is 11.8 Å². The van der Waals surface area contributed by atoms with Crippen molar-refractivity contribution in [1.82, 2.24) is 4.90 Å². The molecular weight excluding hydrogens is 194 g/mol. The van der Waals surface area contributed by atoms with Gasteiger partial charge in [-0.05, 0) is 6.92 Å². The van der Waals surface area contributed by atoms with Crippen molar-refractivity contribution in [1.29, 1.82) is 0 Å². The fourth-order valence-corrected chi connectivity index (χ4v) is 1.93. The second-order valence-electron chi connectivity index (χ2n) is 3.79. The zero-order chi connectivity index (χ0) is 11.0. The van der Waals surface area contributed by atoms with E-state index in [4.69, 9.17) is 0 Å². The highest BCUT2D eigenvalue weighted by Crippen LogP contribution is 2.30. The summed E-state index contributed by atoms with van der Waals surface area (Å²) in [5, 5.41) is 0. The van der Waals surface area contributed by atoms with E-state index in [1.807, 2.05) is 0 Å². The number of amides is 2. The Morgan fingerprint density at radius 2 is 1.67 bits per heavy atom. The lowest BCUT2D eigenvalue weighted by Gasteiger charge is -2.11. The van der Waals surface area contributed by atoms with Crippen LogP contribution < -0.4 is 0 Å². The standard InChI is InChI=1S/C11H11NO3/c1-7(13)6-12-10(14)8-4-2-3-5-9(8)11(12)15/h2-5,8-9H,6H2,1H3. The third-order valence-electron chi connectivity index (χ3n) is 2.62. The normalized spacial score (nSPS) is 28.5. The average Bonchev–Trinajstić information content (AvgIpc) is 2.44. The summed E-state index contributed by atoms with van der Waals surface area (Å²) in [7, 11) is 0. The van der Waals surface area contributed by atoms with Crippen molar-refractivity contribution in [2.45, 2.75) is 6.92 Å². The van der Waals surface area contributed by atoms with Crippen LogP contribution in [0.2, 0.25) is 0 Å². The number of allylic oxidation sites excluding steroid dienone is 2. The first-order valence-electron chi connectivity index (χ1n) is 4.81. The van der Waals surface area contributed by atoms with Crippen molar-refractivity contribution in [2.24, 2.45) is 11.8 Å². The van der Waals surface area contributed by atoms with Crippen molar-refractivity contribution in [2.75, 3.05) is 6.54 Å². The molecule has 1 heterocycles. The molecule has 2 amide bonds. The molecule has 2 rings (SSSR count). The van der Waals surface area contributed by atoms with Crippen molar-refractivity contribution >= 4 is 17.6 Å². The third kappa shape index (κ3) is 1.52. The Bertz CT molecular complexity index is 365. The Morgan fingerprint density at radius 3 is 2.07 bits per heavy atom. The SMILES string of the molecule is CC(=O)CN1C(=O)C2C=CC=CC2C1=O. The van der Waals surface area contributed by atoms with Gasteiger partial charge in [-0.15, -0.1) is 0 Å². The Labute approximate surface area is 87.2 Å². The highest BCUT2D eigenvalue weighted by Gasteiger charge is 2.45. The largest absolute Gasteiger partial charge is 0.298 e. The Morgan fingerprint density at radius 1 is 1.20 bits per heavy atom. The highest BCUT2D eigenvalue weighted by atomic mass is 16.2. The van der Waals surface area contributed by atoms with E-state index in [0.29, 0.717) is 0 Å². The van der Waals surface area contributed by atoms with E-state index in [-0.39, 0.29) is 24.1 Å². The number of likely N-dealkylation sites (tertiary alicyclic amines) is 1. The highest BCUT2D eigenvalue weighted by molar-refractivity contribution is 6.09. The van der Waals surface area contributed by atoms with Gasteiger partial charge in [0.15, 0.2) is 0 Å². The Balaban J connectivity index is 2.26. The summed E-state index contributed by atoms with van der Waals surface area (Å²) in [6.45, 7) is 1.26. The summed E-state index contributed by atoms with van der Waals surface area (Å²) in [6.07, 6.45) is 6.93. The molecule has 2 aliphatic rings. The molecule has 0 aromatic rings. The number of carbonyl (C=O) groups is 3. The van der Waals surface area contributed by atoms with E-state index in [1.165, 1.54) is 6.92 Å². The summed E-state index contributed by atoms with van der Waals surface area (Å²) in [4.78, 5) is 35.5. The summed E-state index contributed by atoms with van der Waals surface area (Å²) in [5.74, 6) is -1.51. The maximum atomic E-state index is 11.8. The zero-order valence-electron chi connectivity index (χ0n) is 8.34. The number of carbonyl (C=O) groups excluding carboxylic acids is 3. The van der Waals surface area contributed by atoms with Crippen LogP contribution in [-0.2, 0) is 14.4 Å². The summed E-state index contributed by atoms with van der Waals surface area (Å²) in [5.41, 5.74) is 0. The fraction of sp³-hybridized carbons (Fsp3) is 0.364. The van der Waals surface area contributed by atoms with E-state index in [2.05, 4.69) is 0 Å². The molecule has 1 saturated heterocycles. The smallest absolute Gasteiger partial charge is 0.237 e. The van der Waals surface area contributed by atoms with E-state index < -0.39 is 11.8 Å². The van der Waals surface area contributed by atoms with Gasteiger partial charge in [0.05, 0.1) is 18.4 Å². The van der Waals surface area contributed by atoms with Gasteiger partial charge in [0.1, 0.15) is 5.78 Å². The topological polar surface area (TPSA) is 54.5 Å². The molecule has 0 spiro atoms. The van der Waals surface area contributed by atoms with Crippen LogP contribution in [0.1, 0.15) is 6.92 Å². The van der Waals surface area contributed by atoms with Gasteiger partial charge in [-0.3, -0.25) is 19.3 Å². The van der Waals surface area contributed by atoms with E-state index in [9.17, 15) is 14.4 Å². The lowest BCUT2D eigenvalue weighted by atomic mass is 9.91. The van der Waals surface area contributed by atoms with Gasteiger partial charge in [-0.2, -0.15) is 0 Å². The third-order valence-corrected chi connectivity index (χ3v) is 2.62. The molecule has 78 valence electrons. The predicted octanol–water partition coefficient (Wildman–Crippen LogP) is 0.303. The van der Waals surface area contributed by atoms with Gasteiger partial charge in [0, 0.05) is 0 Å². The number of Topliss-reactive ketones (excluding diaryl/α,β-unsaturated/α-hetero) is 1. The average molecular weight is 205 g/mol. The molecule has 4 heteroatoms.